The molecule has 0 saturated heterocycles. The topological polar surface area (TPSA) is 108 Å². The van der Waals surface area contributed by atoms with Gasteiger partial charge < -0.3 is 29.1 Å². The van der Waals surface area contributed by atoms with Gasteiger partial charge in [-0.1, -0.05) is 168 Å². The Morgan fingerprint density at radius 1 is 0.580 bits per heavy atom. The average molecular weight is 730 g/mol. The van der Waals surface area contributed by atoms with Crippen LogP contribution >= 0.6 is 7.60 Å². The van der Waals surface area contributed by atoms with E-state index in [4.69, 9.17) is 4.52 Å². The highest BCUT2D eigenvalue weighted by Gasteiger charge is 2.19. The largest absolute Gasteiger partial charge is 0.778 e. The zero-order valence-electron chi connectivity index (χ0n) is 33.8. The summed E-state index contributed by atoms with van der Waals surface area (Å²) < 4.78 is 18.7. The van der Waals surface area contributed by atoms with Crippen LogP contribution in [0.4, 0.5) is 0 Å². The van der Waals surface area contributed by atoms with Gasteiger partial charge in [-0.15, -0.1) is 0 Å². The molecule has 9 heteroatoms. The zero-order valence-corrected chi connectivity index (χ0v) is 34.7. The predicted octanol–water partition coefficient (Wildman–Crippen LogP) is 10.2. The second-order valence-corrected chi connectivity index (χ2v) is 18.0. The third-order valence-corrected chi connectivity index (χ3v) is 11.1. The molecule has 0 saturated carbocycles. The fourth-order valence-corrected chi connectivity index (χ4v) is 7.46. The lowest BCUT2D eigenvalue weighted by atomic mass is 10.0. The van der Waals surface area contributed by atoms with E-state index in [1.165, 1.54) is 128 Å². The minimum absolute atomic E-state index is 0.0342. The van der Waals surface area contributed by atoms with Gasteiger partial charge in [-0.2, -0.15) is 0 Å². The van der Waals surface area contributed by atoms with Crippen molar-refractivity contribution in [3.05, 3.63) is 0 Å². The molecule has 0 aliphatic rings. The summed E-state index contributed by atoms with van der Waals surface area (Å²) in [7, 11) is 2.04. The molecule has 8 nitrogen and oxygen atoms in total. The maximum atomic E-state index is 12.8. The quantitative estimate of drug-likeness (QED) is 0.0374. The fourth-order valence-electron chi connectivity index (χ4n) is 6.39. The Hall–Kier alpha value is -0.950. The number of rotatable bonds is 38. The van der Waals surface area contributed by atoms with Gasteiger partial charge in [-0.25, -0.2) is 0 Å². The summed E-state index contributed by atoms with van der Waals surface area (Å²) in [6.07, 6.45) is 33.9. The Bertz CT molecular complexity index is 836. The van der Waals surface area contributed by atoms with Crippen molar-refractivity contribution < 1.29 is 28.1 Å². The molecule has 2 atom stereocenters. The lowest BCUT2D eigenvalue weighted by Crippen LogP contribution is -2.46. The Balaban J connectivity index is 4.36. The Labute approximate surface area is 310 Å². The van der Waals surface area contributed by atoms with E-state index in [0.29, 0.717) is 23.7 Å². The molecular weight excluding hydrogens is 645 g/mol. The molecule has 0 aliphatic heterocycles. The number of carbonyl (C=O) groups excluding carboxylic acids is 2. The molecule has 0 rings (SSSR count). The molecule has 50 heavy (non-hydrogen) atoms. The van der Waals surface area contributed by atoms with Crippen molar-refractivity contribution in [1.82, 2.24) is 10.6 Å². The van der Waals surface area contributed by atoms with E-state index in [-0.39, 0.29) is 31.1 Å². The van der Waals surface area contributed by atoms with Crippen LogP contribution in [0.3, 0.4) is 0 Å². The Morgan fingerprint density at radius 2 is 0.940 bits per heavy atom. The van der Waals surface area contributed by atoms with Crippen LogP contribution in [0.15, 0.2) is 0 Å². The molecular formula is C41H84N3O5P. The van der Waals surface area contributed by atoms with Crippen molar-refractivity contribution in [1.29, 1.82) is 0 Å². The first-order chi connectivity index (χ1) is 24.0. The summed E-state index contributed by atoms with van der Waals surface area (Å²) >= 11 is 0. The van der Waals surface area contributed by atoms with Crippen molar-refractivity contribution in [3.63, 3.8) is 0 Å². The van der Waals surface area contributed by atoms with Crippen molar-refractivity contribution in [3.8, 4) is 0 Å². The van der Waals surface area contributed by atoms with Crippen LogP contribution in [0.2, 0.25) is 0 Å². The van der Waals surface area contributed by atoms with Crippen LogP contribution in [0.25, 0.3) is 0 Å². The average Bonchev–Trinajstić information content (AvgIpc) is 3.06. The number of hydrogen-bond acceptors (Lipinski definition) is 5. The molecule has 298 valence electrons. The molecule has 0 spiro atoms. The molecule has 0 aromatic rings. The number of amides is 2. The van der Waals surface area contributed by atoms with Gasteiger partial charge in [-0.3, -0.25) is 9.59 Å². The monoisotopic (exact) mass is 730 g/mol. The van der Waals surface area contributed by atoms with Gasteiger partial charge in [-0.05, 0) is 12.8 Å². The fraction of sp³-hybridized carbons (Fsp3) is 0.951. The van der Waals surface area contributed by atoms with Crippen molar-refractivity contribution >= 4 is 19.4 Å². The van der Waals surface area contributed by atoms with Crippen molar-refractivity contribution in [2.45, 2.75) is 206 Å². The summed E-state index contributed by atoms with van der Waals surface area (Å²) in [5, 5.41) is 5.86. The lowest BCUT2D eigenvalue weighted by molar-refractivity contribution is -0.870. The molecule has 0 aliphatic carbocycles. The molecule has 0 fully saturated rings. The van der Waals surface area contributed by atoms with E-state index in [0.717, 1.165) is 45.1 Å². The van der Waals surface area contributed by atoms with Gasteiger partial charge >= 0.3 is 0 Å². The van der Waals surface area contributed by atoms with Crippen LogP contribution in [0, 0.1) is 0 Å². The number of nitrogens with one attached hydrogen (secondary N) is 2. The van der Waals surface area contributed by atoms with Gasteiger partial charge in [0.25, 0.3) is 0 Å². The number of nitrogens with zero attached hydrogens (tertiary/aromatic N) is 1. The van der Waals surface area contributed by atoms with Gasteiger partial charge in [0.05, 0.1) is 40.3 Å². The third kappa shape index (κ3) is 36.8. The highest BCUT2D eigenvalue weighted by atomic mass is 31.2. The van der Waals surface area contributed by atoms with Gasteiger partial charge in [0.1, 0.15) is 7.60 Å². The molecule has 0 radical (unpaired) electrons. The van der Waals surface area contributed by atoms with Crippen LogP contribution in [-0.2, 0) is 18.7 Å². The molecule has 0 bridgehead atoms. The van der Waals surface area contributed by atoms with Gasteiger partial charge in [0, 0.05) is 32.0 Å². The Kier molecular flexibility index (Phi) is 33.2. The first-order valence-electron chi connectivity index (χ1n) is 21.3. The predicted molar refractivity (Wildman–Crippen MR) is 212 cm³/mol. The molecule has 2 amide bonds. The van der Waals surface area contributed by atoms with Crippen LogP contribution in [0.5, 0.6) is 0 Å². The second kappa shape index (κ2) is 33.9. The molecule has 0 aromatic carbocycles. The standard InChI is InChI=1S/C41H84N3O5P/c1-6-8-10-12-14-16-18-20-22-24-26-28-30-33-40(45)42-37-39(38-49-50(47,48)36-32-35-44(3,4)5)43-41(46)34-31-29-27-25-23-21-19-17-15-13-11-9-7-2/h39H,6-38H2,1-5H3,(H2-,42,43,45,46,47,48). The van der Waals surface area contributed by atoms with Gasteiger partial charge in [0.2, 0.25) is 11.8 Å². The summed E-state index contributed by atoms with van der Waals surface area (Å²) in [6.45, 7) is 5.25. The van der Waals surface area contributed by atoms with E-state index in [1.54, 1.807) is 0 Å². The molecule has 0 aromatic heterocycles. The number of unbranched alkanes of at least 4 members (excludes halogenated alkanes) is 24. The maximum absolute atomic E-state index is 12.8. The second-order valence-electron chi connectivity index (χ2n) is 16.1. The van der Waals surface area contributed by atoms with E-state index in [9.17, 15) is 19.0 Å². The van der Waals surface area contributed by atoms with E-state index >= 15 is 0 Å². The van der Waals surface area contributed by atoms with Gasteiger partial charge in [0.15, 0.2) is 0 Å². The number of hydrogen-bond donors (Lipinski definition) is 2. The number of quaternary nitrogens is 1. The van der Waals surface area contributed by atoms with Crippen LogP contribution in [-0.4, -0.2) is 69.3 Å². The summed E-state index contributed by atoms with van der Waals surface area (Å²) in [6, 6.07) is -0.583. The van der Waals surface area contributed by atoms with E-state index < -0.39 is 13.6 Å². The van der Waals surface area contributed by atoms with E-state index in [2.05, 4.69) is 24.5 Å². The molecule has 2 N–H and O–H groups in total. The van der Waals surface area contributed by atoms with Crippen molar-refractivity contribution in [2.75, 3.05) is 47.0 Å². The first-order valence-corrected chi connectivity index (χ1v) is 23.0. The minimum Gasteiger partial charge on any atom is -0.778 e. The smallest absolute Gasteiger partial charge is 0.220 e. The van der Waals surface area contributed by atoms with Crippen LogP contribution in [0.1, 0.15) is 200 Å². The summed E-state index contributed by atoms with van der Waals surface area (Å²) in [5.41, 5.74) is 0. The normalized spacial score (nSPS) is 13.6. The molecule has 0 heterocycles. The third-order valence-electron chi connectivity index (χ3n) is 9.66. The first kappa shape index (κ1) is 49.0. The van der Waals surface area contributed by atoms with Crippen molar-refractivity contribution in [2.24, 2.45) is 0 Å². The minimum atomic E-state index is -4.04. The molecule has 2 unspecified atom stereocenters. The Morgan fingerprint density at radius 3 is 1.32 bits per heavy atom. The highest BCUT2D eigenvalue weighted by molar-refractivity contribution is 7.51. The lowest BCUT2D eigenvalue weighted by Gasteiger charge is -2.29. The van der Waals surface area contributed by atoms with Crippen LogP contribution < -0.4 is 15.5 Å². The zero-order chi connectivity index (χ0) is 37.2. The number of carbonyl (C=O) groups is 2. The highest BCUT2D eigenvalue weighted by Crippen LogP contribution is 2.37. The summed E-state index contributed by atoms with van der Waals surface area (Å²) in [4.78, 5) is 38.0. The summed E-state index contributed by atoms with van der Waals surface area (Å²) in [5.74, 6) is -0.171. The SMILES string of the molecule is CCCCCCCCCCCCCCCC(=O)NCC(COP(=O)([O-])CCC[N+](C)(C)C)NC(=O)CCCCCCCCCCCCCCC. The maximum Gasteiger partial charge on any atom is 0.220 e. The van der Waals surface area contributed by atoms with E-state index in [1.807, 2.05) is 21.1 Å².